The summed E-state index contributed by atoms with van der Waals surface area (Å²) in [4.78, 5) is 11.7. The number of carbonyl (C=O) groups is 1. The number of amides is 2. The summed E-state index contributed by atoms with van der Waals surface area (Å²) in [6.45, 7) is 4.27. The smallest absolute Gasteiger partial charge is 0.345 e. The maximum Gasteiger partial charge on any atom is 0.345 e. The van der Waals surface area contributed by atoms with Crippen LogP contribution in [0.3, 0.4) is 0 Å². The Kier molecular flexibility index (Phi) is 5.84. The number of anilines is 1. The van der Waals surface area contributed by atoms with E-state index in [2.05, 4.69) is 27.9 Å². The second-order valence-electron chi connectivity index (χ2n) is 5.20. The first kappa shape index (κ1) is 17.6. The summed E-state index contributed by atoms with van der Waals surface area (Å²) in [5.74, 6) is 0.782. The van der Waals surface area contributed by atoms with Crippen LogP contribution in [-0.2, 0) is 6.61 Å². The monoisotopic (exact) mass is 426 g/mol. The van der Waals surface area contributed by atoms with E-state index >= 15 is 0 Å². The molecule has 122 valence electrons. The van der Waals surface area contributed by atoms with Crippen molar-refractivity contribution in [2.75, 3.05) is 12.1 Å². The van der Waals surface area contributed by atoms with E-state index in [0.29, 0.717) is 10.8 Å². The third-order valence-electron chi connectivity index (χ3n) is 3.40. The van der Waals surface area contributed by atoms with E-state index in [0.717, 1.165) is 20.4 Å². The summed E-state index contributed by atoms with van der Waals surface area (Å²) < 4.78 is 6.76. The van der Waals surface area contributed by atoms with Crippen molar-refractivity contribution >= 4 is 34.3 Å². The number of aryl methyl sites for hydroxylation is 2. The molecule has 2 rings (SSSR count). The van der Waals surface area contributed by atoms with E-state index in [1.165, 1.54) is 12.6 Å². The number of hydroxylamine groups is 1. The Morgan fingerprint density at radius 2 is 2.00 bits per heavy atom. The highest BCUT2D eigenvalue weighted by Crippen LogP contribution is 2.26. The number of rotatable bonds is 4. The van der Waals surface area contributed by atoms with Crippen molar-refractivity contribution in [3.8, 4) is 5.75 Å². The van der Waals surface area contributed by atoms with Crippen molar-refractivity contribution in [2.45, 2.75) is 20.5 Å². The van der Waals surface area contributed by atoms with Crippen LogP contribution in [0.25, 0.3) is 0 Å². The van der Waals surface area contributed by atoms with Gasteiger partial charge in [0.05, 0.1) is 5.69 Å². The summed E-state index contributed by atoms with van der Waals surface area (Å²) >= 11 is 2.13. The fourth-order valence-electron chi connectivity index (χ4n) is 2.19. The fraction of sp³-hybridized carbons (Fsp3) is 0.235. The maximum atomic E-state index is 11.7. The first-order valence-electron chi connectivity index (χ1n) is 7.11. The topological polar surface area (TPSA) is 61.8 Å². The van der Waals surface area contributed by atoms with E-state index in [9.17, 15) is 10.0 Å². The summed E-state index contributed by atoms with van der Waals surface area (Å²) in [5.41, 5.74) is 3.34. The summed E-state index contributed by atoms with van der Waals surface area (Å²) in [7, 11) is 1.46. The molecule has 2 amide bonds. The number of ether oxygens (including phenoxy) is 1. The molecule has 0 radical (unpaired) electrons. The van der Waals surface area contributed by atoms with E-state index in [1.54, 1.807) is 6.07 Å². The molecular weight excluding hydrogens is 407 g/mol. The number of carbonyl (C=O) groups excluding carboxylic acids is 1. The molecule has 0 saturated carbocycles. The van der Waals surface area contributed by atoms with Crippen LogP contribution in [0.5, 0.6) is 5.75 Å². The minimum Gasteiger partial charge on any atom is -0.489 e. The average molecular weight is 426 g/mol. The van der Waals surface area contributed by atoms with Crippen LogP contribution in [0.4, 0.5) is 10.5 Å². The van der Waals surface area contributed by atoms with Crippen LogP contribution in [0.1, 0.15) is 16.7 Å². The maximum absolute atomic E-state index is 11.7. The number of hydrogen-bond donors (Lipinski definition) is 2. The summed E-state index contributed by atoms with van der Waals surface area (Å²) in [6.07, 6.45) is 0. The molecule has 0 spiro atoms. The molecule has 2 aromatic rings. The Balaban J connectivity index is 2.24. The van der Waals surface area contributed by atoms with Gasteiger partial charge in [-0.2, -0.15) is 5.06 Å². The van der Waals surface area contributed by atoms with E-state index in [4.69, 9.17) is 4.74 Å². The zero-order chi connectivity index (χ0) is 17.0. The van der Waals surface area contributed by atoms with Gasteiger partial charge in [0, 0.05) is 16.2 Å². The Morgan fingerprint density at radius 3 is 2.65 bits per heavy atom. The van der Waals surface area contributed by atoms with Gasteiger partial charge in [-0.25, -0.2) is 4.79 Å². The first-order chi connectivity index (χ1) is 10.9. The molecule has 5 nitrogen and oxygen atoms in total. The van der Waals surface area contributed by atoms with Gasteiger partial charge >= 0.3 is 6.03 Å². The van der Waals surface area contributed by atoms with Gasteiger partial charge in [0.2, 0.25) is 0 Å². The molecule has 2 N–H and O–H groups in total. The molecule has 0 aromatic heterocycles. The predicted octanol–water partition coefficient (Wildman–Crippen LogP) is 4.02. The van der Waals surface area contributed by atoms with Crippen molar-refractivity contribution in [1.82, 2.24) is 5.32 Å². The number of halogens is 1. The number of nitrogens with zero attached hydrogens (tertiary/aromatic N) is 1. The lowest BCUT2D eigenvalue weighted by molar-refractivity contribution is 0.205. The molecule has 2 aromatic carbocycles. The average Bonchev–Trinajstić information content (AvgIpc) is 2.53. The van der Waals surface area contributed by atoms with Crippen molar-refractivity contribution in [1.29, 1.82) is 0 Å². The second kappa shape index (κ2) is 7.65. The molecule has 6 heteroatoms. The minimum absolute atomic E-state index is 0.254. The Labute approximate surface area is 149 Å². The quantitative estimate of drug-likeness (QED) is 0.441. The van der Waals surface area contributed by atoms with Gasteiger partial charge in [0.15, 0.2) is 0 Å². The zero-order valence-electron chi connectivity index (χ0n) is 13.3. The molecule has 0 bridgehead atoms. The van der Waals surface area contributed by atoms with Crippen LogP contribution in [0.15, 0.2) is 36.4 Å². The molecule has 0 atom stereocenters. The lowest BCUT2D eigenvalue weighted by Gasteiger charge is -2.19. The van der Waals surface area contributed by atoms with Crippen LogP contribution in [0.2, 0.25) is 0 Å². The zero-order valence-corrected chi connectivity index (χ0v) is 15.4. The highest BCUT2D eigenvalue weighted by molar-refractivity contribution is 14.1. The van der Waals surface area contributed by atoms with Gasteiger partial charge in [0.1, 0.15) is 12.4 Å². The number of nitrogens with one attached hydrogen (secondary N) is 1. The van der Waals surface area contributed by atoms with Gasteiger partial charge in [-0.1, -0.05) is 23.8 Å². The van der Waals surface area contributed by atoms with Crippen LogP contribution in [-0.4, -0.2) is 18.3 Å². The van der Waals surface area contributed by atoms with E-state index in [-0.39, 0.29) is 6.61 Å². The van der Waals surface area contributed by atoms with Crippen LogP contribution < -0.4 is 15.1 Å². The Morgan fingerprint density at radius 1 is 1.26 bits per heavy atom. The van der Waals surface area contributed by atoms with Crippen LogP contribution in [0, 0.1) is 17.4 Å². The van der Waals surface area contributed by atoms with Gasteiger partial charge in [-0.05, 0) is 60.2 Å². The van der Waals surface area contributed by atoms with Gasteiger partial charge in [-0.3, -0.25) is 5.21 Å². The largest absolute Gasteiger partial charge is 0.489 e. The summed E-state index contributed by atoms with van der Waals surface area (Å²) in [5, 5.41) is 13.0. The normalized spacial score (nSPS) is 10.3. The number of benzene rings is 2. The lowest BCUT2D eigenvalue weighted by atomic mass is 10.1. The van der Waals surface area contributed by atoms with Crippen molar-refractivity contribution in [2.24, 2.45) is 0 Å². The highest BCUT2D eigenvalue weighted by Gasteiger charge is 2.16. The second-order valence-corrected chi connectivity index (χ2v) is 6.44. The molecule has 0 aliphatic heterocycles. The third kappa shape index (κ3) is 4.35. The molecule has 0 unspecified atom stereocenters. The number of hydrogen-bond acceptors (Lipinski definition) is 3. The molecule has 0 aliphatic rings. The molecular formula is C17H19IN2O3. The van der Waals surface area contributed by atoms with Crippen molar-refractivity contribution < 1.29 is 14.7 Å². The molecule has 0 aliphatic carbocycles. The molecule has 23 heavy (non-hydrogen) atoms. The molecule has 0 heterocycles. The third-order valence-corrected chi connectivity index (χ3v) is 4.07. The molecule has 0 fully saturated rings. The minimum atomic E-state index is -0.597. The van der Waals surface area contributed by atoms with Gasteiger partial charge in [-0.15, -0.1) is 0 Å². The van der Waals surface area contributed by atoms with Crippen molar-refractivity contribution in [3.05, 3.63) is 56.7 Å². The fourth-order valence-corrected chi connectivity index (χ4v) is 2.66. The van der Waals surface area contributed by atoms with E-state index in [1.807, 2.05) is 44.2 Å². The van der Waals surface area contributed by atoms with Gasteiger partial charge in [0.25, 0.3) is 0 Å². The standard InChI is InChI=1S/C17H19IN2O3/c1-11-4-7-16(12(2)8-11)23-10-13-5-6-14(18)9-15(13)20(22)17(21)19-3/h4-9,22H,10H2,1-3H3,(H,19,21). The van der Waals surface area contributed by atoms with Gasteiger partial charge < -0.3 is 10.1 Å². The summed E-state index contributed by atoms with van der Waals surface area (Å²) in [6, 6.07) is 10.8. The first-order valence-corrected chi connectivity index (χ1v) is 8.19. The van der Waals surface area contributed by atoms with Crippen LogP contribution >= 0.6 is 22.6 Å². The Hall–Kier alpha value is -1.80. The van der Waals surface area contributed by atoms with Crippen molar-refractivity contribution in [3.63, 3.8) is 0 Å². The number of urea groups is 1. The Bertz CT molecular complexity index is 719. The lowest BCUT2D eigenvalue weighted by Crippen LogP contribution is -2.36. The highest BCUT2D eigenvalue weighted by atomic mass is 127. The van der Waals surface area contributed by atoms with E-state index < -0.39 is 6.03 Å². The predicted molar refractivity (Wildman–Crippen MR) is 98.1 cm³/mol. The SMILES string of the molecule is CNC(=O)N(O)c1cc(I)ccc1COc1ccc(C)cc1C. The molecule has 0 saturated heterocycles.